The molecule has 3 N–H and O–H groups in total. The SMILES string of the molecule is CCN(CC1CCOC1)C(=O)[C@@H](N)Cc1ccc(O)cc1. The molecule has 1 amide bonds. The standard InChI is InChI=1S/C16H24N2O3/c1-2-18(10-13-7-8-21-11-13)16(20)15(17)9-12-3-5-14(19)6-4-12/h3-6,13,15,19H,2,7-11,17H2,1H3/t13?,15-/m0/s1. The molecule has 2 atom stereocenters. The molecule has 5 heteroatoms. The van der Waals surface area contributed by atoms with E-state index in [-0.39, 0.29) is 11.7 Å². The van der Waals surface area contributed by atoms with Crippen LogP contribution in [0.3, 0.4) is 0 Å². The number of rotatable bonds is 6. The first-order chi connectivity index (χ1) is 10.1. The molecule has 1 aliphatic heterocycles. The lowest BCUT2D eigenvalue weighted by molar-refractivity contribution is -0.133. The molecule has 2 rings (SSSR count). The third-order valence-corrected chi connectivity index (χ3v) is 3.91. The maximum atomic E-state index is 12.4. The highest BCUT2D eigenvalue weighted by molar-refractivity contribution is 5.82. The number of phenolic OH excluding ortho intramolecular Hbond substituents is 1. The first kappa shape index (κ1) is 15.8. The van der Waals surface area contributed by atoms with Gasteiger partial charge in [0.15, 0.2) is 0 Å². The summed E-state index contributed by atoms with van der Waals surface area (Å²) in [5.74, 6) is 0.627. The number of hydrogen-bond acceptors (Lipinski definition) is 4. The summed E-state index contributed by atoms with van der Waals surface area (Å²) in [4.78, 5) is 14.3. The normalized spacial score (nSPS) is 19.4. The van der Waals surface area contributed by atoms with Crippen LogP contribution in [-0.2, 0) is 16.0 Å². The molecule has 1 unspecified atom stereocenters. The lowest BCUT2D eigenvalue weighted by Gasteiger charge is -2.26. The highest BCUT2D eigenvalue weighted by Gasteiger charge is 2.25. The fourth-order valence-corrected chi connectivity index (χ4v) is 2.62. The van der Waals surface area contributed by atoms with E-state index in [9.17, 15) is 9.90 Å². The summed E-state index contributed by atoms with van der Waals surface area (Å²) in [6.07, 6.45) is 1.49. The van der Waals surface area contributed by atoms with Crippen LogP contribution < -0.4 is 5.73 Å². The summed E-state index contributed by atoms with van der Waals surface area (Å²) in [6.45, 7) is 4.88. The summed E-state index contributed by atoms with van der Waals surface area (Å²) in [6, 6.07) is 6.27. The number of benzene rings is 1. The minimum absolute atomic E-state index is 0.0162. The van der Waals surface area contributed by atoms with Crippen LogP contribution in [-0.4, -0.2) is 48.3 Å². The van der Waals surface area contributed by atoms with Gasteiger partial charge >= 0.3 is 0 Å². The molecule has 1 saturated heterocycles. The second-order valence-electron chi connectivity index (χ2n) is 5.58. The van der Waals surface area contributed by atoms with Crippen molar-refractivity contribution in [3.05, 3.63) is 29.8 Å². The quantitative estimate of drug-likeness (QED) is 0.824. The first-order valence-corrected chi connectivity index (χ1v) is 7.50. The number of aromatic hydroxyl groups is 1. The smallest absolute Gasteiger partial charge is 0.239 e. The van der Waals surface area contributed by atoms with E-state index in [0.717, 1.165) is 31.7 Å². The molecule has 5 nitrogen and oxygen atoms in total. The lowest BCUT2D eigenvalue weighted by Crippen LogP contribution is -2.46. The van der Waals surface area contributed by atoms with Gasteiger partial charge < -0.3 is 20.5 Å². The Kier molecular flexibility index (Phi) is 5.59. The van der Waals surface area contributed by atoms with E-state index in [4.69, 9.17) is 10.5 Å². The summed E-state index contributed by atoms with van der Waals surface area (Å²) >= 11 is 0. The molecule has 1 heterocycles. The third kappa shape index (κ3) is 4.44. The molecule has 0 radical (unpaired) electrons. The van der Waals surface area contributed by atoms with Gasteiger partial charge in [-0.05, 0) is 37.5 Å². The van der Waals surface area contributed by atoms with Gasteiger partial charge in [0.1, 0.15) is 5.75 Å². The Morgan fingerprint density at radius 1 is 1.48 bits per heavy atom. The van der Waals surface area contributed by atoms with Gasteiger partial charge in [0.25, 0.3) is 0 Å². The van der Waals surface area contributed by atoms with Gasteiger partial charge in [-0.3, -0.25) is 4.79 Å². The molecule has 1 aromatic rings. The number of likely N-dealkylation sites (N-methyl/N-ethyl adjacent to an activating group) is 1. The monoisotopic (exact) mass is 292 g/mol. The van der Waals surface area contributed by atoms with Gasteiger partial charge in [-0.2, -0.15) is 0 Å². The van der Waals surface area contributed by atoms with Crippen molar-refractivity contribution >= 4 is 5.91 Å². The van der Waals surface area contributed by atoms with Crippen LogP contribution in [0.1, 0.15) is 18.9 Å². The van der Waals surface area contributed by atoms with E-state index in [2.05, 4.69) is 0 Å². The zero-order chi connectivity index (χ0) is 15.2. The van der Waals surface area contributed by atoms with Gasteiger partial charge in [-0.1, -0.05) is 12.1 Å². The molecule has 116 valence electrons. The molecule has 0 saturated carbocycles. The van der Waals surface area contributed by atoms with E-state index >= 15 is 0 Å². The third-order valence-electron chi connectivity index (χ3n) is 3.91. The number of carbonyl (C=O) groups excluding carboxylic acids is 1. The maximum absolute atomic E-state index is 12.4. The second kappa shape index (κ2) is 7.43. The Bertz CT molecular complexity index is 455. The minimum atomic E-state index is -0.545. The summed E-state index contributed by atoms with van der Waals surface area (Å²) < 4.78 is 5.36. The Balaban J connectivity index is 1.91. The second-order valence-corrected chi connectivity index (χ2v) is 5.58. The first-order valence-electron chi connectivity index (χ1n) is 7.50. The average Bonchev–Trinajstić information content (AvgIpc) is 2.99. The van der Waals surface area contributed by atoms with Crippen molar-refractivity contribution in [3.8, 4) is 5.75 Å². The number of nitrogens with zero attached hydrogens (tertiary/aromatic N) is 1. The molecule has 1 aromatic carbocycles. The largest absolute Gasteiger partial charge is 0.508 e. The van der Waals surface area contributed by atoms with Crippen molar-refractivity contribution in [1.29, 1.82) is 0 Å². The van der Waals surface area contributed by atoms with Crippen LogP contribution in [0.4, 0.5) is 0 Å². The number of ether oxygens (including phenoxy) is 1. The minimum Gasteiger partial charge on any atom is -0.508 e. The number of amides is 1. The Hall–Kier alpha value is -1.59. The van der Waals surface area contributed by atoms with Crippen molar-refractivity contribution in [1.82, 2.24) is 4.90 Å². The van der Waals surface area contributed by atoms with Crippen LogP contribution in [0, 0.1) is 5.92 Å². The van der Waals surface area contributed by atoms with Crippen LogP contribution >= 0.6 is 0 Å². The van der Waals surface area contributed by atoms with Crippen molar-refractivity contribution in [3.63, 3.8) is 0 Å². The van der Waals surface area contributed by atoms with Gasteiger partial charge in [-0.15, -0.1) is 0 Å². The lowest BCUT2D eigenvalue weighted by atomic mass is 10.0. The molecule has 0 aromatic heterocycles. The average molecular weight is 292 g/mol. The van der Waals surface area contributed by atoms with Crippen molar-refractivity contribution in [2.45, 2.75) is 25.8 Å². The van der Waals surface area contributed by atoms with E-state index in [1.54, 1.807) is 24.3 Å². The van der Waals surface area contributed by atoms with Crippen LogP contribution in [0.15, 0.2) is 24.3 Å². The molecule has 1 aliphatic rings. The molecular weight excluding hydrogens is 268 g/mol. The highest BCUT2D eigenvalue weighted by Crippen LogP contribution is 2.15. The predicted molar refractivity (Wildman–Crippen MR) is 81.0 cm³/mol. The molecule has 0 spiro atoms. The van der Waals surface area contributed by atoms with E-state index in [1.165, 1.54) is 0 Å². The number of phenols is 1. The van der Waals surface area contributed by atoms with Crippen LogP contribution in [0.25, 0.3) is 0 Å². The maximum Gasteiger partial charge on any atom is 0.239 e. The molecule has 21 heavy (non-hydrogen) atoms. The zero-order valence-corrected chi connectivity index (χ0v) is 12.5. The van der Waals surface area contributed by atoms with Crippen LogP contribution in [0.2, 0.25) is 0 Å². The number of nitrogens with two attached hydrogens (primary N) is 1. The van der Waals surface area contributed by atoms with E-state index in [1.807, 2.05) is 11.8 Å². The molecular formula is C16H24N2O3. The summed E-state index contributed by atoms with van der Waals surface area (Å²) in [7, 11) is 0. The molecule has 1 fully saturated rings. The van der Waals surface area contributed by atoms with Crippen molar-refractivity contribution < 1.29 is 14.6 Å². The molecule has 0 bridgehead atoms. The Morgan fingerprint density at radius 3 is 2.76 bits per heavy atom. The van der Waals surface area contributed by atoms with E-state index in [0.29, 0.717) is 18.9 Å². The summed E-state index contributed by atoms with van der Waals surface area (Å²) in [5.41, 5.74) is 7.01. The topological polar surface area (TPSA) is 75.8 Å². The van der Waals surface area contributed by atoms with E-state index < -0.39 is 6.04 Å². The van der Waals surface area contributed by atoms with Crippen molar-refractivity contribution in [2.24, 2.45) is 11.7 Å². The zero-order valence-electron chi connectivity index (χ0n) is 12.5. The van der Waals surface area contributed by atoms with Crippen molar-refractivity contribution in [2.75, 3.05) is 26.3 Å². The fraction of sp³-hybridized carbons (Fsp3) is 0.562. The number of hydrogen-bond donors (Lipinski definition) is 2. The Labute approximate surface area is 125 Å². The van der Waals surface area contributed by atoms with Crippen LogP contribution in [0.5, 0.6) is 5.75 Å². The summed E-state index contributed by atoms with van der Waals surface area (Å²) in [5, 5.41) is 9.27. The van der Waals surface area contributed by atoms with Gasteiger partial charge in [0, 0.05) is 25.6 Å². The number of carbonyl (C=O) groups is 1. The molecule has 0 aliphatic carbocycles. The predicted octanol–water partition coefficient (Wildman–Crippen LogP) is 1.15. The fourth-order valence-electron chi connectivity index (χ4n) is 2.62. The highest BCUT2D eigenvalue weighted by atomic mass is 16.5. The van der Waals surface area contributed by atoms with Gasteiger partial charge in [-0.25, -0.2) is 0 Å². The Morgan fingerprint density at radius 2 is 2.19 bits per heavy atom. The van der Waals surface area contributed by atoms with Gasteiger partial charge in [0.05, 0.1) is 12.6 Å². The van der Waals surface area contributed by atoms with Gasteiger partial charge in [0.2, 0.25) is 5.91 Å².